The number of rotatable bonds is 15. The van der Waals surface area contributed by atoms with Crippen LogP contribution in [0.5, 0.6) is 0 Å². The lowest BCUT2D eigenvalue weighted by atomic mass is 9.82. The number of halogens is 2. The first-order valence-corrected chi connectivity index (χ1v) is 15.7. The lowest BCUT2D eigenvalue weighted by Crippen LogP contribution is -2.44. The molecule has 1 unspecified atom stereocenters. The third-order valence-corrected chi connectivity index (χ3v) is 8.66. The minimum Gasteiger partial charge on any atom is -0.392 e. The molecule has 0 fully saturated rings. The van der Waals surface area contributed by atoms with E-state index in [-0.39, 0.29) is 53.9 Å². The molecule has 3 rings (SSSR count). The van der Waals surface area contributed by atoms with Crippen LogP contribution in [0.1, 0.15) is 44.2 Å². The summed E-state index contributed by atoms with van der Waals surface area (Å²) in [7, 11) is -3.86. The van der Waals surface area contributed by atoms with Crippen molar-refractivity contribution >= 4 is 33.2 Å². The van der Waals surface area contributed by atoms with Gasteiger partial charge in [-0.1, -0.05) is 55.8 Å². The lowest BCUT2D eigenvalue weighted by molar-refractivity contribution is -0.118. The number of aliphatic hydroxyl groups excluding tert-OH is 1. The summed E-state index contributed by atoms with van der Waals surface area (Å²) >= 11 is 6.03. The van der Waals surface area contributed by atoms with Gasteiger partial charge < -0.3 is 21.5 Å². The van der Waals surface area contributed by atoms with Crippen LogP contribution in [0.3, 0.4) is 0 Å². The highest BCUT2D eigenvalue weighted by molar-refractivity contribution is 7.89. The van der Waals surface area contributed by atoms with Crippen molar-refractivity contribution in [3.8, 4) is 0 Å². The zero-order chi connectivity index (χ0) is 30.9. The summed E-state index contributed by atoms with van der Waals surface area (Å²) in [5.41, 5.74) is 7.63. The number of carbonyl (C=O) groups excluding carboxylic acids is 1. The molecular weight excluding hydrogens is 581 g/mol. The number of aromatic nitrogens is 1. The molecule has 1 aromatic heterocycles. The van der Waals surface area contributed by atoms with E-state index >= 15 is 4.39 Å². The fourth-order valence-corrected chi connectivity index (χ4v) is 6.19. The molecule has 0 aliphatic carbocycles. The number of amides is 1. The Kier molecular flexibility index (Phi) is 12.4. The van der Waals surface area contributed by atoms with E-state index in [1.165, 1.54) is 18.3 Å². The summed E-state index contributed by atoms with van der Waals surface area (Å²) in [6.07, 6.45) is 2.04. The van der Waals surface area contributed by atoms with Gasteiger partial charge in [-0.15, -0.1) is 0 Å². The fourth-order valence-electron chi connectivity index (χ4n) is 4.77. The number of carbonyl (C=O) groups is 1. The van der Waals surface area contributed by atoms with E-state index in [9.17, 15) is 18.3 Å². The van der Waals surface area contributed by atoms with Gasteiger partial charge in [-0.05, 0) is 55.5 Å². The fraction of sp³-hybridized carbons (Fsp3) is 0.400. The van der Waals surface area contributed by atoms with Gasteiger partial charge in [-0.2, -0.15) is 0 Å². The first-order chi connectivity index (χ1) is 19.9. The number of sulfonamides is 1. The zero-order valence-electron chi connectivity index (χ0n) is 23.9. The Bertz CT molecular complexity index is 1410. The first-order valence-electron chi connectivity index (χ1n) is 13.8. The Morgan fingerprint density at radius 3 is 2.33 bits per heavy atom. The van der Waals surface area contributed by atoms with E-state index in [4.69, 9.17) is 17.3 Å². The van der Waals surface area contributed by atoms with Gasteiger partial charge in [0.1, 0.15) is 5.82 Å². The number of pyridine rings is 1. The molecule has 0 bridgehead atoms. The number of hydrogen-bond donors (Lipinski definition) is 5. The van der Waals surface area contributed by atoms with Gasteiger partial charge in [0.15, 0.2) is 0 Å². The van der Waals surface area contributed by atoms with Crippen LogP contribution in [0.25, 0.3) is 0 Å². The first kappa shape index (κ1) is 33.6. The van der Waals surface area contributed by atoms with Crippen molar-refractivity contribution in [3.63, 3.8) is 0 Å². The largest absolute Gasteiger partial charge is 0.392 e. The van der Waals surface area contributed by atoms with Gasteiger partial charge in [-0.3, -0.25) is 9.78 Å². The highest BCUT2D eigenvalue weighted by atomic mass is 35.5. The Morgan fingerprint density at radius 1 is 1.05 bits per heavy atom. The summed E-state index contributed by atoms with van der Waals surface area (Å²) in [4.78, 5) is 17.3. The van der Waals surface area contributed by atoms with Gasteiger partial charge in [-0.25, -0.2) is 17.5 Å². The number of nitrogens with zero attached hydrogens (tertiary/aromatic N) is 1. The molecule has 1 amide bonds. The maximum absolute atomic E-state index is 15.1. The summed E-state index contributed by atoms with van der Waals surface area (Å²) < 4.78 is 43.7. The predicted octanol–water partition coefficient (Wildman–Crippen LogP) is 3.83. The minimum absolute atomic E-state index is 0.0181. The van der Waals surface area contributed by atoms with Crippen molar-refractivity contribution in [3.05, 3.63) is 89.0 Å². The van der Waals surface area contributed by atoms with Crippen LogP contribution in [0.2, 0.25) is 5.02 Å². The standard InChI is InChI=1S/C30H39ClFN5O4S/c1-19(2)28(21-9-11-22(31)12-10-21)29(33)30(39)36-27-18-35-17-26(32)25(27)14-13-23(16-34-15-20(3)38)37-42(40,41)24-7-5-4-6-8-24/h4-12,17-20,23,28-29,34,37-38H,13-16,33H2,1-3H3,(H,36,39)/t20-,23+,28?,29+/m1/s1. The van der Waals surface area contributed by atoms with E-state index < -0.39 is 39.9 Å². The molecule has 42 heavy (non-hydrogen) atoms. The molecule has 0 spiro atoms. The molecule has 12 heteroatoms. The molecule has 0 aliphatic rings. The predicted molar refractivity (Wildman–Crippen MR) is 163 cm³/mol. The molecule has 6 N–H and O–H groups in total. The molecule has 9 nitrogen and oxygen atoms in total. The van der Waals surface area contributed by atoms with Crippen LogP contribution in [-0.2, 0) is 21.2 Å². The van der Waals surface area contributed by atoms with Gasteiger partial charge >= 0.3 is 0 Å². The second kappa shape index (κ2) is 15.5. The second-order valence-electron chi connectivity index (χ2n) is 10.7. The van der Waals surface area contributed by atoms with Crippen LogP contribution >= 0.6 is 11.6 Å². The van der Waals surface area contributed by atoms with E-state index in [0.29, 0.717) is 5.02 Å². The van der Waals surface area contributed by atoms with Crippen LogP contribution in [-0.4, -0.2) is 55.7 Å². The molecule has 0 aliphatic heterocycles. The molecule has 1 heterocycles. The molecule has 4 atom stereocenters. The average molecular weight is 620 g/mol. The zero-order valence-corrected chi connectivity index (χ0v) is 25.5. The van der Waals surface area contributed by atoms with Crippen molar-refractivity contribution in [2.45, 2.75) is 62.6 Å². The third kappa shape index (κ3) is 9.55. The van der Waals surface area contributed by atoms with Gasteiger partial charge in [0.05, 0.1) is 35.1 Å². The number of hydrogen-bond acceptors (Lipinski definition) is 7. The van der Waals surface area contributed by atoms with Crippen molar-refractivity contribution in [1.82, 2.24) is 15.0 Å². The summed E-state index contributed by atoms with van der Waals surface area (Å²) in [5, 5.41) is 16.0. The minimum atomic E-state index is -3.86. The third-order valence-electron chi connectivity index (χ3n) is 6.87. The second-order valence-corrected chi connectivity index (χ2v) is 12.8. The smallest absolute Gasteiger partial charge is 0.241 e. The monoisotopic (exact) mass is 619 g/mol. The maximum Gasteiger partial charge on any atom is 0.241 e. The van der Waals surface area contributed by atoms with Gasteiger partial charge in [0, 0.05) is 35.6 Å². The van der Waals surface area contributed by atoms with Crippen LogP contribution < -0.4 is 21.1 Å². The summed E-state index contributed by atoms with van der Waals surface area (Å²) in [5.74, 6) is -1.45. The van der Waals surface area contributed by atoms with Crippen LogP contribution in [0.15, 0.2) is 71.9 Å². The summed E-state index contributed by atoms with van der Waals surface area (Å²) in [6, 6.07) is 13.5. The van der Waals surface area contributed by atoms with Crippen LogP contribution in [0.4, 0.5) is 10.1 Å². The van der Waals surface area contributed by atoms with Gasteiger partial charge in [0.2, 0.25) is 15.9 Å². The molecule has 0 saturated heterocycles. The Balaban J connectivity index is 1.79. The van der Waals surface area contributed by atoms with E-state index in [2.05, 4.69) is 20.3 Å². The van der Waals surface area contributed by atoms with E-state index in [1.807, 2.05) is 26.0 Å². The molecule has 3 aromatic rings. The molecule has 2 aromatic carbocycles. The Morgan fingerprint density at radius 2 is 1.71 bits per heavy atom. The molecule has 228 valence electrons. The van der Waals surface area contributed by atoms with Crippen molar-refractivity contribution < 1.29 is 22.7 Å². The summed E-state index contributed by atoms with van der Waals surface area (Å²) in [6.45, 7) is 5.97. The van der Waals surface area contributed by atoms with Gasteiger partial charge in [0.25, 0.3) is 0 Å². The molecular formula is C30H39ClFN5O4S. The van der Waals surface area contributed by atoms with Crippen molar-refractivity contribution in [1.29, 1.82) is 0 Å². The number of nitrogens with two attached hydrogens (primary N) is 1. The lowest BCUT2D eigenvalue weighted by Gasteiger charge is -2.27. The van der Waals surface area contributed by atoms with Crippen LogP contribution in [0, 0.1) is 11.7 Å². The number of anilines is 1. The highest BCUT2D eigenvalue weighted by Gasteiger charge is 2.30. The Labute approximate surface area is 252 Å². The topological polar surface area (TPSA) is 146 Å². The highest BCUT2D eigenvalue weighted by Crippen LogP contribution is 2.29. The normalized spacial score (nSPS) is 14.8. The quantitative estimate of drug-likeness (QED) is 0.174. The number of aliphatic hydroxyl groups is 1. The van der Waals surface area contributed by atoms with Crippen molar-refractivity contribution in [2.75, 3.05) is 18.4 Å². The maximum atomic E-state index is 15.1. The molecule has 0 saturated carbocycles. The number of nitrogens with one attached hydrogen (secondary N) is 3. The van der Waals surface area contributed by atoms with E-state index in [0.717, 1.165) is 11.8 Å². The Hall–Kier alpha value is -2.93. The molecule has 0 radical (unpaired) electrons. The average Bonchev–Trinajstić information content (AvgIpc) is 2.93. The number of benzene rings is 2. The SMILES string of the molecule is CC(C)C(c1ccc(Cl)cc1)[C@H](N)C(=O)Nc1cncc(F)c1CC[C@@H](CNC[C@@H](C)O)NS(=O)(=O)c1ccccc1. The van der Waals surface area contributed by atoms with E-state index in [1.54, 1.807) is 37.3 Å². The van der Waals surface area contributed by atoms with Crippen molar-refractivity contribution in [2.24, 2.45) is 11.7 Å².